The maximum atomic E-state index is 5.89. The molecule has 1 N–H and O–H groups in total. The van der Waals surface area contributed by atoms with Crippen molar-refractivity contribution in [2.75, 3.05) is 0 Å². The van der Waals surface area contributed by atoms with Crippen LogP contribution in [0.25, 0.3) is 0 Å². The molecule has 0 saturated heterocycles. The third-order valence-electron chi connectivity index (χ3n) is 4.17. The highest BCUT2D eigenvalue weighted by atomic mass is 35.5. The van der Waals surface area contributed by atoms with Gasteiger partial charge in [0.25, 0.3) is 0 Å². The van der Waals surface area contributed by atoms with Crippen LogP contribution in [0.4, 0.5) is 0 Å². The minimum Gasteiger partial charge on any atom is -0.489 e. The van der Waals surface area contributed by atoms with E-state index in [0.29, 0.717) is 12.6 Å². The van der Waals surface area contributed by atoms with Gasteiger partial charge in [-0.2, -0.15) is 0 Å². The highest BCUT2D eigenvalue weighted by molar-refractivity contribution is 6.30. The lowest BCUT2D eigenvalue weighted by molar-refractivity contribution is 0.306. The van der Waals surface area contributed by atoms with Crippen LogP contribution in [0, 0.1) is 0 Å². The standard InChI is InChI=1S/C19H22ClNO.ClH/c20-17-10-8-15(9-11-17)14-22-19-7-3-4-16(12-19)13-21-18-5-1-2-6-18;/h3-4,7-12,18,21H,1-2,5-6,13-14H2;1H. The molecule has 23 heavy (non-hydrogen) atoms. The third kappa shape index (κ3) is 5.72. The molecule has 2 aromatic rings. The summed E-state index contributed by atoms with van der Waals surface area (Å²) >= 11 is 5.89. The second kappa shape index (κ2) is 9.17. The normalized spacial score (nSPS) is 14.5. The van der Waals surface area contributed by atoms with E-state index < -0.39 is 0 Å². The molecule has 0 radical (unpaired) electrons. The van der Waals surface area contributed by atoms with Gasteiger partial charge in [0.15, 0.2) is 0 Å². The molecule has 4 heteroatoms. The average molecular weight is 352 g/mol. The second-order valence-electron chi connectivity index (χ2n) is 5.92. The lowest BCUT2D eigenvalue weighted by Crippen LogP contribution is -2.25. The zero-order valence-electron chi connectivity index (χ0n) is 13.1. The summed E-state index contributed by atoms with van der Waals surface area (Å²) in [4.78, 5) is 0. The Morgan fingerprint density at radius 1 is 1.00 bits per heavy atom. The molecule has 0 bridgehead atoms. The summed E-state index contributed by atoms with van der Waals surface area (Å²) in [5.41, 5.74) is 2.40. The van der Waals surface area contributed by atoms with Gasteiger partial charge in [0, 0.05) is 17.6 Å². The maximum absolute atomic E-state index is 5.89. The first-order valence-electron chi connectivity index (χ1n) is 7.99. The molecule has 0 heterocycles. The summed E-state index contributed by atoms with van der Waals surface area (Å²) in [7, 11) is 0. The Morgan fingerprint density at radius 3 is 2.48 bits per heavy atom. The SMILES string of the molecule is Cl.Clc1ccc(COc2cccc(CNC3CCCC3)c2)cc1. The Bertz CT molecular complexity index is 595. The number of halogens is 2. The molecule has 1 aliphatic carbocycles. The fourth-order valence-electron chi connectivity index (χ4n) is 2.88. The molecule has 3 rings (SSSR count). The van der Waals surface area contributed by atoms with Gasteiger partial charge in [-0.1, -0.05) is 48.7 Å². The minimum atomic E-state index is 0. The summed E-state index contributed by atoms with van der Waals surface area (Å²) < 4.78 is 5.87. The van der Waals surface area contributed by atoms with Crippen LogP contribution < -0.4 is 10.1 Å². The van der Waals surface area contributed by atoms with Crippen molar-refractivity contribution in [3.8, 4) is 5.75 Å². The van der Waals surface area contributed by atoms with E-state index in [-0.39, 0.29) is 12.4 Å². The van der Waals surface area contributed by atoms with Crippen LogP contribution in [0.3, 0.4) is 0 Å². The fourth-order valence-corrected chi connectivity index (χ4v) is 3.01. The van der Waals surface area contributed by atoms with Gasteiger partial charge in [0.1, 0.15) is 12.4 Å². The number of rotatable bonds is 6. The van der Waals surface area contributed by atoms with Crippen LogP contribution in [0.5, 0.6) is 5.75 Å². The van der Waals surface area contributed by atoms with Gasteiger partial charge in [0.2, 0.25) is 0 Å². The molecule has 0 unspecified atom stereocenters. The van der Waals surface area contributed by atoms with Crippen LogP contribution in [0.15, 0.2) is 48.5 Å². The molecule has 1 aliphatic rings. The first-order valence-corrected chi connectivity index (χ1v) is 8.37. The molecule has 1 fully saturated rings. The van der Waals surface area contributed by atoms with E-state index in [4.69, 9.17) is 16.3 Å². The molecule has 1 saturated carbocycles. The number of hydrogen-bond acceptors (Lipinski definition) is 2. The summed E-state index contributed by atoms with van der Waals surface area (Å²) in [6.45, 7) is 1.49. The number of hydrogen-bond donors (Lipinski definition) is 1. The molecular formula is C19H23Cl2NO. The molecular weight excluding hydrogens is 329 g/mol. The molecule has 0 amide bonds. The lowest BCUT2D eigenvalue weighted by Gasteiger charge is -2.13. The van der Waals surface area contributed by atoms with Gasteiger partial charge in [-0.15, -0.1) is 12.4 Å². The Hall–Kier alpha value is -1.22. The van der Waals surface area contributed by atoms with Crippen LogP contribution in [0.2, 0.25) is 5.02 Å². The highest BCUT2D eigenvalue weighted by Crippen LogP contribution is 2.20. The maximum Gasteiger partial charge on any atom is 0.120 e. The summed E-state index contributed by atoms with van der Waals surface area (Å²) in [6.07, 6.45) is 5.35. The van der Waals surface area contributed by atoms with Gasteiger partial charge in [-0.05, 0) is 48.2 Å². The Balaban J connectivity index is 0.00000192. The predicted molar refractivity (Wildman–Crippen MR) is 98.6 cm³/mol. The van der Waals surface area contributed by atoms with E-state index in [1.807, 2.05) is 30.3 Å². The van der Waals surface area contributed by atoms with Crippen molar-refractivity contribution in [2.24, 2.45) is 0 Å². The van der Waals surface area contributed by atoms with Crippen molar-refractivity contribution in [1.82, 2.24) is 5.32 Å². The van der Waals surface area contributed by atoms with Gasteiger partial charge < -0.3 is 10.1 Å². The molecule has 2 aromatic carbocycles. The average Bonchev–Trinajstić information content (AvgIpc) is 3.06. The van der Waals surface area contributed by atoms with Gasteiger partial charge in [-0.25, -0.2) is 0 Å². The first kappa shape index (κ1) is 18.1. The lowest BCUT2D eigenvalue weighted by atomic mass is 10.2. The largest absolute Gasteiger partial charge is 0.489 e. The molecule has 0 atom stereocenters. The quantitative estimate of drug-likeness (QED) is 0.754. The third-order valence-corrected chi connectivity index (χ3v) is 4.42. The summed E-state index contributed by atoms with van der Waals surface area (Å²) in [6, 6.07) is 16.8. The van der Waals surface area contributed by atoms with Crippen molar-refractivity contribution in [3.05, 3.63) is 64.7 Å². The van der Waals surface area contributed by atoms with Crippen molar-refractivity contribution < 1.29 is 4.74 Å². The van der Waals surface area contributed by atoms with Crippen molar-refractivity contribution >= 4 is 24.0 Å². The predicted octanol–water partition coefficient (Wildman–Crippen LogP) is 5.37. The van der Waals surface area contributed by atoms with E-state index in [2.05, 4.69) is 23.5 Å². The molecule has 0 aliphatic heterocycles. The van der Waals surface area contributed by atoms with Gasteiger partial charge in [-0.3, -0.25) is 0 Å². The van der Waals surface area contributed by atoms with Gasteiger partial charge >= 0.3 is 0 Å². The Labute approximate surface area is 149 Å². The first-order chi connectivity index (χ1) is 10.8. The number of benzene rings is 2. The second-order valence-corrected chi connectivity index (χ2v) is 6.36. The van der Waals surface area contributed by atoms with Gasteiger partial charge in [0.05, 0.1) is 0 Å². The van der Waals surface area contributed by atoms with Crippen molar-refractivity contribution in [1.29, 1.82) is 0 Å². The zero-order chi connectivity index (χ0) is 15.2. The smallest absolute Gasteiger partial charge is 0.120 e. The van der Waals surface area contributed by atoms with Crippen molar-refractivity contribution in [2.45, 2.75) is 44.9 Å². The summed E-state index contributed by atoms with van der Waals surface area (Å²) in [5.74, 6) is 0.917. The molecule has 124 valence electrons. The zero-order valence-corrected chi connectivity index (χ0v) is 14.7. The van der Waals surface area contributed by atoms with Crippen molar-refractivity contribution in [3.63, 3.8) is 0 Å². The fraction of sp³-hybridized carbons (Fsp3) is 0.368. The van der Waals surface area contributed by atoms with E-state index in [1.165, 1.54) is 31.2 Å². The van der Waals surface area contributed by atoms with Crippen LogP contribution >= 0.6 is 24.0 Å². The molecule has 0 spiro atoms. The molecule has 2 nitrogen and oxygen atoms in total. The van der Waals surface area contributed by atoms with Crippen LogP contribution in [-0.2, 0) is 13.2 Å². The monoisotopic (exact) mass is 351 g/mol. The van der Waals surface area contributed by atoms with E-state index in [0.717, 1.165) is 22.9 Å². The number of ether oxygens (including phenoxy) is 1. The van der Waals surface area contributed by atoms with E-state index in [1.54, 1.807) is 0 Å². The number of nitrogens with one attached hydrogen (secondary N) is 1. The Morgan fingerprint density at radius 2 is 1.74 bits per heavy atom. The topological polar surface area (TPSA) is 21.3 Å². The van der Waals surface area contributed by atoms with E-state index >= 15 is 0 Å². The Kier molecular flexibility index (Phi) is 7.22. The highest BCUT2D eigenvalue weighted by Gasteiger charge is 2.13. The molecule has 0 aromatic heterocycles. The summed E-state index contributed by atoms with van der Waals surface area (Å²) in [5, 5.41) is 4.39. The van der Waals surface area contributed by atoms with Crippen LogP contribution in [0.1, 0.15) is 36.8 Å². The van der Waals surface area contributed by atoms with E-state index in [9.17, 15) is 0 Å². The van der Waals surface area contributed by atoms with Crippen LogP contribution in [-0.4, -0.2) is 6.04 Å². The minimum absolute atomic E-state index is 0.